The van der Waals surface area contributed by atoms with Gasteiger partial charge in [-0.15, -0.1) is 0 Å². The Balaban J connectivity index is -0.000000141. The number of rotatable bonds is 21. The first-order chi connectivity index (χ1) is 18.7. The average Bonchev–Trinajstić information content (AvgIpc) is 2.92. The number of halogens is 1. The summed E-state index contributed by atoms with van der Waals surface area (Å²) in [6.45, 7) is 19.1. The van der Waals surface area contributed by atoms with E-state index in [4.69, 9.17) is 33.9 Å². The number of carbonyl (C=O) groups excluding carboxylic acids is 3. The summed E-state index contributed by atoms with van der Waals surface area (Å²) < 4.78 is 34.5. The molecule has 42 heavy (non-hydrogen) atoms. The van der Waals surface area contributed by atoms with Crippen molar-refractivity contribution < 1.29 is 57.8 Å². The summed E-state index contributed by atoms with van der Waals surface area (Å²) in [5.74, 6) is -1.23. The maximum absolute atomic E-state index is 11.2. The van der Waals surface area contributed by atoms with E-state index < -0.39 is 11.9 Å². The number of hydrogen-bond donors (Lipinski definition) is 2. The Morgan fingerprint density at radius 3 is 1.12 bits per heavy atom. The van der Waals surface area contributed by atoms with Gasteiger partial charge in [-0.1, -0.05) is 57.9 Å². The lowest BCUT2D eigenvalue weighted by atomic mass is 10.3. The van der Waals surface area contributed by atoms with Gasteiger partial charge in [0.25, 0.3) is 0 Å². The van der Waals surface area contributed by atoms with Gasteiger partial charge in [0.15, 0.2) is 0 Å². The zero-order valence-electron chi connectivity index (χ0n) is 23.4. The summed E-state index contributed by atoms with van der Waals surface area (Å²) in [5, 5.41) is 16.7. The number of aliphatic hydroxyl groups is 2. The molecule has 0 heterocycles. The molecule has 252 valence electrons. The molecule has 0 rings (SSSR count). The third-order valence-electron chi connectivity index (χ3n) is 3.62. The van der Waals surface area contributed by atoms with E-state index in [9.17, 15) is 14.4 Å². The van der Waals surface area contributed by atoms with Crippen LogP contribution in [0.3, 0.4) is 0 Å². The molecule has 0 atom stereocenters. The number of ether oxygens (including phenoxy) is 7. The molecule has 0 aromatic carbocycles. The van der Waals surface area contributed by atoms with Crippen LogP contribution in [-0.4, -0.2) is 119 Å². The highest BCUT2D eigenvalue weighted by Crippen LogP contribution is 1.98. The molecule has 2 N–H and O–H groups in total. The zero-order chi connectivity index (χ0) is 30.3. The molecule has 0 fully saturated rings. The van der Waals surface area contributed by atoms with Crippen LogP contribution in [-0.2, 0) is 47.5 Å². The first kappa shape index (κ1) is 52.5. The Bertz CT molecular complexity index is 644. The van der Waals surface area contributed by atoms with Gasteiger partial charge in [0, 0.05) is 10.9 Å². The largest absolute Gasteiger partial charge is 0.463 e. The van der Waals surface area contributed by atoms with Crippen molar-refractivity contribution in [2.45, 2.75) is 43.1 Å². The molecule has 0 aliphatic rings. The molecule has 0 amide bonds. The van der Waals surface area contributed by atoms with Crippen molar-refractivity contribution in [1.82, 2.24) is 0 Å². The molecular weight excluding hydrogens is 620 g/mol. The van der Waals surface area contributed by atoms with E-state index in [2.05, 4.69) is 45.1 Å². The van der Waals surface area contributed by atoms with Crippen LogP contribution in [0.15, 0.2) is 36.5 Å². The van der Waals surface area contributed by atoms with Crippen LogP contribution < -0.4 is 0 Å². The molecule has 13 heteroatoms. The summed E-state index contributed by atoms with van der Waals surface area (Å²) >= 11 is 3.08. The first-order valence-electron chi connectivity index (χ1n) is 12.3. The molecule has 0 aliphatic carbocycles. The predicted molar refractivity (Wildman–Crippen MR) is 169 cm³/mol. The molecule has 0 bridgehead atoms. The van der Waals surface area contributed by atoms with E-state index in [0.717, 1.165) is 0 Å². The van der Waals surface area contributed by atoms with E-state index in [-0.39, 0.29) is 65.8 Å². The Kier molecular flexibility index (Phi) is 51.3. The maximum Gasteiger partial charge on any atom is 0.335 e. The van der Waals surface area contributed by atoms with Crippen molar-refractivity contribution in [3.8, 4) is 0 Å². The van der Waals surface area contributed by atoms with E-state index in [0.29, 0.717) is 70.4 Å². The summed E-state index contributed by atoms with van der Waals surface area (Å²) in [6, 6.07) is 0. The minimum absolute atomic E-state index is 0. The van der Waals surface area contributed by atoms with Crippen LogP contribution in [0.4, 0.5) is 0 Å². The zero-order valence-corrected chi connectivity index (χ0v) is 25.0. The lowest BCUT2D eigenvalue weighted by Crippen LogP contribution is -2.15. The molecule has 0 saturated carbocycles. The van der Waals surface area contributed by atoms with E-state index in [1.54, 1.807) is 20.8 Å². The van der Waals surface area contributed by atoms with Crippen LogP contribution in [0.5, 0.6) is 0 Å². The lowest BCUT2D eigenvalue weighted by molar-refractivity contribution is -0.140. The molecule has 0 unspecified atom stereocenters. The van der Waals surface area contributed by atoms with Gasteiger partial charge in [-0.25, -0.2) is 14.4 Å². The van der Waals surface area contributed by atoms with E-state index >= 15 is 0 Å². The first-order valence-corrected chi connectivity index (χ1v) is 13.4. The van der Waals surface area contributed by atoms with Gasteiger partial charge in [0.2, 0.25) is 0 Å². The maximum atomic E-state index is 11.2. The number of hydrogen-bond acceptors (Lipinski definition) is 12. The lowest BCUT2D eigenvalue weighted by Gasteiger charge is -2.08. The van der Waals surface area contributed by atoms with Crippen molar-refractivity contribution in [2.75, 3.05) is 91.2 Å². The monoisotopic (exact) mass is 676 g/mol. The van der Waals surface area contributed by atoms with Gasteiger partial charge < -0.3 is 43.4 Å². The third-order valence-corrected chi connectivity index (χ3v) is 4.30. The Hall–Kier alpha value is -2.13. The highest BCUT2D eigenvalue weighted by atomic mass is 79.9. The fourth-order valence-corrected chi connectivity index (χ4v) is 2.06. The summed E-state index contributed by atoms with van der Waals surface area (Å²) in [6.07, 6.45) is 0. The number of carbonyl (C=O) groups is 3. The number of aliphatic hydroxyl groups excluding tert-OH is 2. The average molecular weight is 678 g/mol. The van der Waals surface area contributed by atoms with E-state index in [1.165, 1.54) is 0 Å². The van der Waals surface area contributed by atoms with Crippen LogP contribution in [0.1, 0.15) is 43.1 Å². The van der Waals surface area contributed by atoms with Crippen LogP contribution in [0.2, 0.25) is 0 Å². The topological polar surface area (TPSA) is 156 Å². The van der Waals surface area contributed by atoms with Crippen LogP contribution in [0.25, 0.3) is 0 Å². The smallest absolute Gasteiger partial charge is 0.335 e. The summed E-state index contributed by atoms with van der Waals surface area (Å²) in [7, 11) is 0. The number of alkyl halides is 1. The van der Waals surface area contributed by atoms with Crippen molar-refractivity contribution >= 4 is 33.8 Å². The van der Waals surface area contributed by atoms with Gasteiger partial charge in [-0.2, -0.15) is 0 Å². The summed E-state index contributed by atoms with van der Waals surface area (Å²) in [5.41, 5.74) is 0.997. The van der Waals surface area contributed by atoms with Gasteiger partial charge in [0.1, 0.15) is 0 Å². The molecule has 0 aromatic heterocycles. The Morgan fingerprint density at radius 1 is 0.548 bits per heavy atom. The Labute approximate surface area is 262 Å². The minimum atomic E-state index is -0.455. The second kappa shape index (κ2) is 41.0. The molecule has 0 aromatic rings. The van der Waals surface area contributed by atoms with Crippen molar-refractivity contribution in [1.29, 1.82) is 0 Å². The van der Waals surface area contributed by atoms with Crippen molar-refractivity contribution in [3.63, 3.8) is 0 Å². The molecule has 0 aliphatic heterocycles. The fourth-order valence-electron chi connectivity index (χ4n) is 1.83. The second-order valence-corrected chi connectivity index (χ2v) is 7.44. The Morgan fingerprint density at radius 2 is 0.833 bits per heavy atom. The highest BCUT2D eigenvalue weighted by Gasteiger charge is 2.08. The standard InChI is InChI=1S/C16H26O7.C6H9BrO2.C4H10O3.3CH4/c1-5-22-15(17)13(3)11-20-9-7-19-8-10-21-12-14(4)16(18)23-6-2;1-3-9-6(8)5(2)4-7;5-1-3-7-4-2-6;;;/h3-12H2,1-2H3;2-4H2,1H3;5-6H,1-4H2;3*1H4. The molecule has 0 saturated heterocycles. The summed E-state index contributed by atoms with van der Waals surface area (Å²) in [4.78, 5) is 33.1. The van der Waals surface area contributed by atoms with Crippen molar-refractivity contribution in [2.24, 2.45) is 0 Å². The van der Waals surface area contributed by atoms with Gasteiger partial charge in [-0.05, 0) is 20.8 Å². The minimum Gasteiger partial charge on any atom is -0.463 e. The number of esters is 3. The van der Waals surface area contributed by atoms with Gasteiger partial charge in [-0.3, -0.25) is 0 Å². The molecular formula is C29H57BrO12. The van der Waals surface area contributed by atoms with Crippen molar-refractivity contribution in [3.05, 3.63) is 36.5 Å². The molecule has 12 nitrogen and oxygen atoms in total. The third kappa shape index (κ3) is 37.9. The quantitative estimate of drug-likeness (QED) is 0.0599. The molecule has 0 radical (unpaired) electrons. The normalized spacial score (nSPS) is 9.00. The van der Waals surface area contributed by atoms with Crippen LogP contribution in [0, 0.1) is 0 Å². The van der Waals surface area contributed by atoms with Gasteiger partial charge in [0.05, 0.1) is 97.0 Å². The SMILES string of the molecule is C.C.C.C=C(CBr)C(=O)OCC.C=C(COCCOCCOCC(=C)C(=O)OCC)C(=O)OCC.OCCOCCO. The van der Waals surface area contributed by atoms with Crippen LogP contribution >= 0.6 is 15.9 Å². The van der Waals surface area contributed by atoms with Gasteiger partial charge >= 0.3 is 17.9 Å². The fraction of sp³-hybridized carbons (Fsp3) is 0.690. The molecule has 0 spiro atoms. The second-order valence-electron chi connectivity index (χ2n) is 6.88. The predicted octanol–water partition coefficient (Wildman–Crippen LogP) is 3.67. The highest BCUT2D eigenvalue weighted by molar-refractivity contribution is 9.09. The van der Waals surface area contributed by atoms with E-state index in [1.807, 2.05) is 0 Å².